The highest BCUT2D eigenvalue weighted by Gasteiger charge is 2.50. The molecule has 84 heavy (non-hydrogen) atoms. The number of thiazole rings is 1. The number of aliphatic hydroxyl groups is 1. The summed E-state index contributed by atoms with van der Waals surface area (Å²) in [4.78, 5) is 52.6. The molecule has 5 N–H and O–H groups in total. The van der Waals surface area contributed by atoms with E-state index in [1.54, 1.807) is 28.4 Å². The van der Waals surface area contributed by atoms with Crippen molar-refractivity contribution in [3.8, 4) is 33.3 Å². The topological polar surface area (TPSA) is 228 Å². The molecule has 6 aliphatic heterocycles. The Morgan fingerprint density at radius 1 is 0.869 bits per heavy atom. The van der Waals surface area contributed by atoms with Crippen molar-refractivity contribution in [2.75, 3.05) is 99.1 Å². The first kappa shape index (κ1) is 56.2. The van der Waals surface area contributed by atoms with Crippen LogP contribution in [0.25, 0.3) is 21.7 Å². The molecule has 444 valence electrons. The lowest BCUT2D eigenvalue weighted by Crippen LogP contribution is -2.72. The van der Waals surface area contributed by atoms with Crippen LogP contribution in [-0.2, 0) is 14.3 Å². The lowest BCUT2D eigenvalue weighted by molar-refractivity contribution is -0.177. The molecule has 6 atom stereocenters. The largest absolute Gasteiger partial charge is 0.507 e. The average molecular weight is 1160 g/mol. The molecule has 2 aromatic carbocycles. The highest BCUT2D eigenvalue weighted by atomic mass is 32.1. The fourth-order valence-electron chi connectivity index (χ4n) is 14.6. The Labute approximate surface area is 495 Å². The molecule has 6 aromatic rings. The maximum atomic E-state index is 14.5. The van der Waals surface area contributed by atoms with Crippen LogP contribution in [0.1, 0.15) is 94.7 Å². The minimum absolute atomic E-state index is 0.0584. The van der Waals surface area contributed by atoms with Gasteiger partial charge in [-0.05, 0) is 106 Å². The molecule has 1 aliphatic carbocycles. The SMILES string of the molecule is Cc1ncsc1-c1ccc([C@H](C)NC(=O)[C@@H]2C[C@@H](O)CN2C(=O)[C@@H](c2cc(N3CCC(CN4CCN(CC5CC(Oc6cc(N7C8CC[C@@H]7CN(c7cc(-c9ccccc9O)nnc7N)C8)ccn6)C5)C5(COC5)C4)CC3)no2)C(C)C)cc1. The van der Waals surface area contributed by atoms with Gasteiger partial charge in [0.25, 0.3) is 0 Å². The Morgan fingerprint density at radius 3 is 2.36 bits per heavy atom. The number of hydrogen-bond acceptors (Lipinski definition) is 19. The number of para-hydroxylation sites is 1. The number of carbonyl (C=O) groups is 2. The average Bonchev–Trinajstić information content (AvgIpc) is 2.25. The van der Waals surface area contributed by atoms with Crippen molar-refractivity contribution < 1.29 is 33.8 Å². The number of benzene rings is 2. The van der Waals surface area contributed by atoms with Gasteiger partial charge >= 0.3 is 0 Å². The van der Waals surface area contributed by atoms with E-state index in [1.807, 2.05) is 87.9 Å². The van der Waals surface area contributed by atoms with Gasteiger partial charge in [-0.1, -0.05) is 55.4 Å². The number of amides is 2. The van der Waals surface area contributed by atoms with Crippen LogP contribution >= 0.6 is 11.3 Å². The fraction of sp³-hybridized carbons (Fsp3) is 0.540. The molecule has 13 rings (SSSR count). The molecule has 7 fully saturated rings. The molecule has 21 heteroatoms. The number of phenols is 1. The number of nitrogens with two attached hydrogens (primary N) is 1. The Bertz CT molecular complexity index is 3290. The van der Waals surface area contributed by atoms with E-state index >= 15 is 0 Å². The Hall–Kier alpha value is -6.91. The molecule has 0 radical (unpaired) electrons. The number of nitrogens with one attached hydrogen (secondary N) is 1. The van der Waals surface area contributed by atoms with Crippen LogP contribution in [0.3, 0.4) is 0 Å². The quantitative estimate of drug-likeness (QED) is 0.0711. The molecule has 1 saturated carbocycles. The standard InChI is InChI=1S/C63H79N13O7S/c1-38(2)58(62(80)75-33-48(77)26-53(75)61(79)67-39(3)43-9-11-44(12-10-43)59-40(4)66-37-84-59)55-28-56(70-83-55)72-19-16-41(17-20-72)29-71-21-22-74(63(34-71)35-81-36-63)30-42-23-49(24-42)82-57-25-45(15-18-65-57)76-46-13-14-47(76)32-73(31-46)52-27-51(68-69-60(52)64)50-7-5-6-8-54(50)78/h5-12,15,18,25,27-28,37-39,41-42,46-49,53,58,77-78H,13-14,16-17,19-24,26,29-36H2,1-4H3,(H2,64,69)(H,67,79)/t39-,42?,46+,47?,48+,49?,53-,58+/m0/s1. The van der Waals surface area contributed by atoms with E-state index in [4.69, 9.17) is 19.7 Å². The highest BCUT2D eigenvalue weighted by molar-refractivity contribution is 7.13. The number of ether oxygens (including phenoxy) is 2. The zero-order chi connectivity index (χ0) is 57.8. The van der Waals surface area contributed by atoms with Crippen molar-refractivity contribution in [1.29, 1.82) is 0 Å². The Morgan fingerprint density at radius 2 is 1.64 bits per heavy atom. The van der Waals surface area contributed by atoms with Crippen molar-refractivity contribution in [3.63, 3.8) is 0 Å². The zero-order valence-electron chi connectivity index (χ0n) is 48.6. The van der Waals surface area contributed by atoms with Crippen molar-refractivity contribution in [2.24, 2.45) is 17.8 Å². The van der Waals surface area contributed by atoms with Crippen LogP contribution in [-0.4, -0.2) is 177 Å². The number of aliphatic hydroxyl groups excluding tert-OH is 1. The van der Waals surface area contributed by atoms with E-state index in [9.17, 15) is 19.8 Å². The van der Waals surface area contributed by atoms with E-state index in [2.05, 4.69) is 67.3 Å². The third kappa shape index (κ3) is 11.3. The number of carbonyl (C=O) groups excluding carboxylic acids is 2. The molecule has 7 aliphatic rings. The predicted molar refractivity (Wildman–Crippen MR) is 322 cm³/mol. The van der Waals surface area contributed by atoms with Crippen LogP contribution < -0.4 is 30.5 Å². The number of nitrogen functional groups attached to an aromatic ring is 1. The first-order valence-electron chi connectivity index (χ1n) is 30.4. The number of aromatic nitrogens is 5. The zero-order valence-corrected chi connectivity index (χ0v) is 49.4. The second-order valence-electron chi connectivity index (χ2n) is 25.3. The molecule has 1 spiro atoms. The van der Waals surface area contributed by atoms with Gasteiger partial charge in [-0.2, -0.15) is 0 Å². The second kappa shape index (κ2) is 23.5. The number of hydrogen-bond donors (Lipinski definition) is 4. The fourth-order valence-corrected chi connectivity index (χ4v) is 15.4. The predicted octanol–water partition coefficient (Wildman–Crippen LogP) is 7.14. The minimum Gasteiger partial charge on any atom is -0.507 e. The number of aryl methyl sites for hydroxylation is 1. The van der Waals surface area contributed by atoms with Crippen LogP contribution in [0.5, 0.6) is 11.6 Å². The lowest BCUT2D eigenvalue weighted by atomic mass is 9.80. The number of nitrogens with zero attached hydrogens (tertiary/aromatic N) is 11. The summed E-state index contributed by atoms with van der Waals surface area (Å²) in [6, 6.07) is 22.9. The van der Waals surface area contributed by atoms with E-state index in [-0.39, 0.29) is 54.1 Å². The molecule has 4 aromatic heterocycles. The number of phenolic OH excluding ortho intramolecular Hbond substituents is 1. The van der Waals surface area contributed by atoms with E-state index in [0.29, 0.717) is 52.6 Å². The van der Waals surface area contributed by atoms with Gasteiger partial charge in [-0.25, -0.2) is 9.97 Å². The summed E-state index contributed by atoms with van der Waals surface area (Å²) in [5.41, 5.74) is 14.6. The van der Waals surface area contributed by atoms with Crippen molar-refractivity contribution in [2.45, 2.75) is 120 Å². The summed E-state index contributed by atoms with van der Waals surface area (Å²) in [5.74, 6) is 2.30. The first-order valence-corrected chi connectivity index (χ1v) is 31.2. The van der Waals surface area contributed by atoms with Gasteiger partial charge in [0.1, 0.15) is 23.8 Å². The third-order valence-corrected chi connectivity index (χ3v) is 20.2. The number of aromatic hydroxyl groups is 1. The number of piperidine rings is 1. The van der Waals surface area contributed by atoms with Crippen LogP contribution in [0.4, 0.5) is 23.0 Å². The monoisotopic (exact) mass is 1160 g/mol. The summed E-state index contributed by atoms with van der Waals surface area (Å²) in [7, 11) is 0. The normalized spacial score (nSPS) is 25.2. The lowest BCUT2D eigenvalue weighted by Gasteiger charge is -2.57. The number of fused-ring (bicyclic) bond motifs is 2. The van der Waals surface area contributed by atoms with Crippen LogP contribution in [0, 0.1) is 24.7 Å². The number of piperazine rings is 2. The van der Waals surface area contributed by atoms with Gasteiger partial charge < -0.3 is 54.9 Å². The molecular formula is C63H79N13O7S. The molecule has 1 unspecified atom stereocenters. The number of rotatable bonds is 17. The summed E-state index contributed by atoms with van der Waals surface area (Å²) in [5, 5.41) is 37.6. The van der Waals surface area contributed by atoms with E-state index in [1.165, 1.54) is 0 Å². The maximum Gasteiger partial charge on any atom is 0.243 e. The second-order valence-corrected chi connectivity index (χ2v) is 26.2. The Balaban J connectivity index is 0.558. The first-order chi connectivity index (χ1) is 40.7. The third-order valence-electron chi connectivity index (χ3n) is 19.2. The molecule has 6 saturated heterocycles. The molecule has 2 amide bonds. The summed E-state index contributed by atoms with van der Waals surface area (Å²) < 4.78 is 18.5. The smallest absolute Gasteiger partial charge is 0.243 e. The van der Waals surface area contributed by atoms with Crippen LogP contribution in [0.2, 0.25) is 0 Å². The number of β-amino-alcohol motifs (C(OH)–C–C–N with tert-alkyl or cyclic N) is 1. The van der Waals surface area contributed by atoms with E-state index in [0.717, 1.165) is 150 Å². The molecular weight excluding hydrogens is 1080 g/mol. The van der Waals surface area contributed by atoms with Crippen LogP contribution in [0.15, 0.2) is 89.0 Å². The van der Waals surface area contributed by atoms with Crippen molar-refractivity contribution in [3.05, 3.63) is 102 Å². The van der Waals surface area contributed by atoms with Gasteiger partial charge in [-0.3, -0.25) is 19.4 Å². The molecule has 10 heterocycles. The minimum atomic E-state index is -0.806. The van der Waals surface area contributed by atoms with Crippen molar-refractivity contribution >= 4 is 46.2 Å². The molecule has 20 nitrogen and oxygen atoms in total. The summed E-state index contributed by atoms with van der Waals surface area (Å²) in [6.45, 7) is 18.1. The number of pyridine rings is 1. The van der Waals surface area contributed by atoms with Crippen molar-refractivity contribution in [1.82, 2.24) is 45.3 Å². The highest BCUT2D eigenvalue weighted by Crippen LogP contribution is 2.42. The summed E-state index contributed by atoms with van der Waals surface area (Å²) >= 11 is 1.60. The Kier molecular flexibility index (Phi) is 15.7. The maximum absolute atomic E-state index is 14.5. The molecule has 2 bridgehead atoms. The van der Waals surface area contributed by atoms with Gasteiger partial charge in [0, 0.05) is 114 Å². The number of likely N-dealkylation sites (tertiary alicyclic amines) is 1. The summed E-state index contributed by atoms with van der Waals surface area (Å²) in [6.07, 6.45) is 7.69. The van der Waals surface area contributed by atoms with E-state index < -0.39 is 18.1 Å². The number of anilines is 4. The van der Waals surface area contributed by atoms with Gasteiger partial charge in [0.05, 0.1) is 58.4 Å². The van der Waals surface area contributed by atoms with Gasteiger partial charge in [0.2, 0.25) is 17.7 Å². The van der Waals surface area contributed by atoms with Gasteiger partial charge in [-0.15, -0.1) is 21.5 Å². The van der Waals surface area contributed by atoms with Gasteiger partial charge in [0.15, 0.2) is 17.4 Å².